The second-order valence-corrected chi connectivity index (χ2v) is 7.04. The lowest BCUT2D eigenvalue weighted by molar-refractivity contribution is 0.0996. The normalized spacial score (nSPS) is 11.1. The molecule has 1 N–H and O–H groups in total. The number of nitrogens with zero attached hydrogens (tertiary/aromatic N) is 2. The molecule has 0 saturated heterocycles. The van der Waals surface area contributed by atoms with Crippen molar-refractivity contribution in [2.45, 2.75) is 0 Å². The summed E-state index contributed by atoms with van der Waals surface area (Å²) in [7, 11) is 0. The highest BCUT2D eigenvalue weighted by molar-refractivity contribution is 7.20. The molecule has 3 heterocycles. The molecule has 4 rings (SSSR count). The van der Waals surface area contributed by atoms with Gasteiger partial charge in [-0.15, -0.1) is 16.4 Å². The third-order valence-corrected chi connectivity index (χ3v) is 4.67. The van der Waals surface area contributed by atoms with Gasteiger partial charge in [0.15, 0.2) is 5.76 Å². The summed E-state index contributed by atoms with van der Waals surface area (Å²) in [4.78, 5) is 12.2. The number of nitrogens with one attached hydrogen (secondary N) is 1. The lowest BCUT2D eigenvalue weighted by atomic mass is 10.2. The first-order valence-corrected chi connectivity index (χ1v) is 8.26. The molecule has 0 fully saturated rings. The fourth-order valence-corrected chi connectivity index (χ4v) is 3.57. The van der Waals surface area contributed by atoms with Crippen LogP contribution in [0.1, 0.15) is 10.6 Å². The maximum Gasteiger partial charge on any atom is 0.322 e. The molecule has 9 heteroatoms. The zero-order valence-electron chi connectivity index (χ0n) is 11.7. The molecule has 0 aliphatic rings. The molecule has 4 aromatic rings. The van der Waals surface area contributed by atoms with E-state index >= 15 is 0 Å². The Hall–Kier alpha value is -2.35. The van der Waals surface area contributed by atoms with Gasteiger partial charge < -0.3 is 8.83 Å². The number of carbonyl (C=O) groups excluding carboxylic acids is 1. The molecule has 0 unspecified atom stereocenters. The van der Waals surface area contributed by atoms with Gasteiger partial charge in [0.2, 0.25) is 0 Å². The van der Waals surface area contributed by atoms with Gasteiger partial charge in [-0.2, -0.15) is 0 Å². The Morgan fingerprint density at radius 1 is 1.12 bits per heavy atom. The fourth-order valence-electron chi connectivity index (χ4n) is 2.12. The Kier molecular flexibility index (Phi) is 3.76. The number of halogens is 2. The van der Waals surface area contributed by atoms with Gasteiger partial charge >= 0.3 is 6.01 Å². The minimum Gasteiger partial charge on any atom is -0.451 e. The Balaban J connectivity index is 1.57. The first-order valence-electron chi connectivity index (χ1n) is 6.69. The third kappa shape index (κ3) is 2.77. The van der Waals surface area contributed by atoms with Gasteiger partial charge in [0.25, 0.3) is 11.8 Å². The number of benzene rings is 1. The summed E-state index contributed by atoms with van der Waals surface area (Å²) in [5.74, 6) is -0.175. The van der Waals surface area contributed by atoms with Crippen LogP contribution >= 0.6 is 34.5 Å². The van der Waals surface area contributed by atoms with E-state index in [2.05, 4.69) is 15.5 Å². The average molecular weight is 380 g/mol. The Morgan fingerprint density at radius 3 is 2.71 bits per heavy atom. The van der Waals surface area contributed by atoms with Crippen LogP contribution in [0, 0.1) is 0 Å². The Labute approximate surface area is 149 Å². The molecule has 0 aliphatic heterocycles. The summed E-state index contributed by atoms with van der Waals surface area (Å²) < 4.78 is 11.8. The number of para-hydroxylation sites is 1. The number of furan rings is 1. The highest BCUT2D eigenvalue weighted by atomic mass is 35.5. The minimum absolute atomic E-state index is 0.0613. The molecule has 6 nitrogen and oxygen atoms in total. The van der Waals surface area contributed by atoms with E-state index in [4.69, 9.17) is 32.0 Å². The molecule has 1 aromatic carbocycles. The van der Waals surface area contributed by atoms with Gasteiger partial charge in [-0.25, -0.2) is 0 Å². The van der Waals surface area contributed by atoms with E-state index in [9.17, 15) is 4.79 Å². The number of rotatable bonds is 3. The van der Waals surface area contributed by atoms with Gasteiger partial charge in [0, 0.05) is 5.39 Å². The number of fused-ring (bicyclic) bond motifs is 1. The van der Waals surface area contributed by atoms with Crippen LogP contribution in [0.25, 0.3) is 22.4 Å². The van der Waals surface area contributed by atoms with E-state index in [1.165, 1.54) is 11.3 Å². The summed E-state index contributed by atoms with van der Waals surface area (Å²) in [5, 5.41) is 10.9. The number of anilines is 1. The number of carbonyl (C=O) groups is 1. The van der Waals surface area contributed by atoms with Crippen molar-refractivity contribution in [3.63, 3.8) is 0 Å². The highest BCUT2D eigenvalue weighted by Gasteiger charge is 2.18. The summed E-state index contributed by atoms with van der Waals surface area (Å²) in [6.07, 6.45) is 0. The number of amides is 1. The topological polar surface area (TPSA) is 81.2 Å². The zero-order chi connectivity index (χ0) is 16.7. The maximum atomic E-state index is 12.2. The molecule has 0 atom stereocenters. The number of thiophene rings is 1. The molecular formula is C15H7Cl2N3O3S. The predicted molar refractivity (Wildman–Crippen MR) is 91.8 cm³/mol. The van der Waals surface area contributed by atoms with Crippen LogP contribution in [0.4, 0.5) is 6.01 Å². The molecule has 0 bridgehead atoms. The van der Waals surface area contributed by atoms with Crippen molar-refractivity contribution < 1.29 is 13.6 Å². The smallest absolute Gasteiger partial charge is 0.322 e. The van der Waals surface area contributed by atoms with Crippen molar-refractivity contribution in [1.82, 2.24) is 10.2 Å². The van der Waals surface area contributed by atoms with E-state index in [-0.39, 0.29) is 17.7 Å². The molecule has 24 heavy (non-hydrogen) atoms. The van der Waals surface area contributed by atoms with Crippen molar-refractivity contribution in [3.05, 3.63) is 50.8 Å². The van der Waals surface area contributed by atoms with Crippen LogP contribution in [-0.4, -0.2) is 16.1 Å². The van der Waals surface area contributed by atoms with Crippen LogP contribution in [0.2, 0.25) is 8.67 Å². The second-order valence-electron chi connectivity index (χ2n) is 4.75. The Bertz CT molecular complexity index is 1020. The maximum absolute atomic E-state index is 12.2. The van der Waals surface area contributed by atoms with Crippen molar-refractivity contribution in [1.29, 1.82) is 0 Å². The number of hydrogen-bond acceptors (Lipinski definition) is 6. The lowest BCUT2D eigenvalue weighted by Crippen LogP contribution is -2.10. The zero-order valence-corrected chi connectivity index (χ0v) is 14.1. The predicted octanol–water partition coefficient (Wildman–Crippen LogP) is 5.10. The second kappa shape index (κ2) is 5.94. The molecule has 0 aliphatic carbocycles. The first-order chi connectivity index (χ1) is 11.6. The Morgan fingerprint density at radius 2 is 1.96 bits per heavy atom. The molecule has 0 spiro atoms. The summed E-state index contributed by atoms with van der Waals surface area (Å²) in [6.45, 7) is 0. The van der Waals surface area contributed by atoms with E-state index < -0.39 is 5.91 Å². The quantitative estimate of drug-likeness (QED) is 0.535. The molecule has 0 saturated carbocycles. The summed E-state index contributed by atoms with van der Waals surface area (Å²) in [6, 6.07) is 10.5. The van der Waals surface area contributed by atoms with Crippen LogP contribution in [0.15, 0.2) is 45.2 Å². The van der Waals surface area contributed by atoms with Crippen molar-refractivity contribution in [3.8, 4) is 11.5 Å². The van der Waals surface area contributed by atoms with E-state index in [1.54, 1.807) is 18.2 Å². The van der Waals surface area contributed by atoms with E-state index in [0.29, 0.717) is 19.8 Å². The molecule has 3 aromatic heterocycles. The average Bonchev–Trinajstić information content (AvgIpc) is 3.25. The van der Waals surface area contributed by atoms with Gasteiger partial charge in [0.1, 0.15) is 9.92 Å². The largest absolute Gasteiger partial charge is 0.451 e. The number of aromatic nitrogens is 2. The first kappa shape index (κ1) is 15.2. The standard InChI is InChI=1S/C15H7Cl2N3O3S/c16-11-6-8(12(17)24-11)14-19-20-15(23-14)18-13(21)10-5-7-3-1-2-4-9(7)22-10/h1-6H,(H,18,20,21). The van der Waals surface area contributed by atoms with Gasteiger partial charge in [0.05, 0.1) is 9.90 Å². The fraction of sp³-hybridized carbons (Fsp3) is 0. The van der Waals surface area contributed by atoms with Crippen molar-refractivity contribution in [2.75, 3.05) is 5.32 Å². The number of hydrogen-bond donors (Lipinski definition) is 1. The van der Waals surface area contributed by atoms with Crippen molar-refractivity contribution in [2.24, 2.45) is 0 Å². The molecule has 0 radical (unpaired) electrons. The summed E-state index contributed by atoms with van der Waals surface area (Å²) >= 11 is 13.1. The SMILES string of the molecule is O=C(Nc1nnc(-c2cc(Cl)sc2Cl)o1)c1cc2ccccc2o1. The van der Waals surface area contributed by atoms with Crippen LogP contribution in [0.3, 0.4) is 0 Å². The lowest BCUT2D eigenvalue weighted by Gasteiger charge is -1.95. The highest BCUT2D eigenvalue weighted by Crippen LogP contribution is 2.37. The van der Waals surface area contributed by atoms with Crippen LogP contribution < -0.4 is 5.32 Å². The van der Waals surface area contributed by atoms with Gasteiger partial charge in [-0.3, -0.25) is 10.1 Å². The van der Waals surface area contributed by atoms with Gasteiger partial charge in [-0.1, -0.05) is 46.5 Å². The molecular weight excluding hydrogens is 373 g/mol. The van der Waals surface area contributed by atoms with E-state index in [0.717, 1.165) is 5.39 Å². The van der Waals surface area contributed by atoms with Crippen LogP contribution in [0.5, 0.6) is 0 Å². The van der Waals surface area contributed by atoms with Crippen molar-refractivity contribution >= 4 is 57.4 Å². The molecule has 120 valence electrons. The van der Waals surface area contributed by atoms with Crippen LogP contribution in [-0.2, 0) is 0 Å². The third-order valence-electron chi connectivity index (χ3n) is 3.18. The van der Waals surface area contributed by atoms with E-state index in [1.807, 2.05) is 18.2 Å². The minimum atomic E-state index is -0.490. The van der Waals surface area contributed by atoms with Gasteiger partial charge in [-0.05, 0) is 18.2 Å². The summed E-state index contributed by atoms with van der Waals surface area (Å²) in [5.41, 5.74) is 1.14. The molecule has 1 amide bonds. The monoisotopic (exact) mass is 379 g/mol.